The minimum Gasteiger partial charge on any atom is -0.361 e. The average molecular weight is 278 g/mol. The minimum absolute atomic E-state index is 0.135. The first-order valence-corrected chi connectivity index (χ1v) is 6.96. The van der Waals surface area contributed by atoms with Gasteiger partial charge in [0, 0.05) is 29.2 Å². The highest BCUT2D eigenvalue weighted by molar-refractivity contribution is 7.97. The quantitative estimate of drug-likeness (QED) is 0.617. The number of aryl methyl sites for hydroxylation is 2. The molecule has 0 spiro atoms. The Kier molecular flexibility index (Phi) is 4.21. The molecule has 0 aliphatic heterocycles. The van der Waals surface area contributed by atoms with E-state index < -0.39 is 0 Å². The van der Waals surface area contributed by atoms with E-state index in [-0.39, 0.29) is 10.6 Å². The number of thioether (sulfide) groups is 1. The van der Waals surface area contributed by atoms with E-state index in [1.165, 1.54) is 6.07 Å². The van der Waals surface area contributed by atoms with E-state index in [2.05, 4.69) is 5.16 Å². The van der Waals surface area contributed by atoms with E-state index in [1.807, 2.05) is 19.9 Å². The normalized spacial score (nSPS) is 10.6. The predicted octanol–water partition coefficient (Wildman–Crippen LogP) is 3.63. The first-order valence-electron chi connectivity index (χ1n) is 5.80. The highest BCUT2D eigenvalue weighted by Crippen LogP contribution is 2.23. The lowest BCUT2D eigenvalue weighted by Crippen LogP contribution is -1.90. The van der Waals surface area contributed by atoms with Crippen LogP contribution in [0.2, 0.25) is 0 Å². The van der Waals surface area contributed by atoms with Crippen LogP contribution in [0.15, 0.2) is 28.8 Å². The fourth-order valence-electron chi connectivity index (χ4n) is 1.74. The van der Waals surface area contributed by atoms with Gasteiger partial charge in [-0.1, -0.05) is 17.3 Å². The standard InChI is InChI=1S/C13H14N2O3S/c1-9-13(10(2)18-14-9)8-19-7-11-4-3-5-12(6-11)15(16)17/h3-6H,7-8H2,1-2H3. The molecule has 19 heavy (non-hydrogen) atoms. The second-order valence-corrected chi connectivity index (χ2v) is 5.21. The molecule has 0 saturated heterocycles. The van der Waals surface area contributed by atoms with Crippen molar-refractivity contribution in [2.75, 3.05) is 0 Å². The monoisotopic (exact) mass is 278 g/mol. The minimum atomic E-state index is -0.373. The molecule has 0 N–H and O–H groups in total. The maximum Gasteiger partial charge on any atom is 0.269 e. The lowest BCUT2D eigenvalue weighted by Gasteiger charge is -2.02. The highest BCUT2D eigenvalue weighted by atomic mass is 32.2. The molecule has 0 radical (unpaired) electrons. The van der Waals surface area contributed by atoms with Gasteiger partial charge in [0.2, 0.25) is 0 Å². The number of hydrogen-bond donors (Lipinski definition) is 0. The van der Waals surface area contributed by atoms with Crippen molar-refractivity contribution in [3.8, 4) is 0 Å². The van der Waals surface area contributed by atoms with Crippen LogP contribution in [-0.4, -0.2) is 10.1 Å². The number of nitro groups is 1. The van der Waals surface area contributed by atoms with Gasteiger partial charge in [-0.25, -0.2) is 0 Å². The third-order valence-electron chi connectivity index (χ3n) is 2.82. The molecular formula is C13H14N2O3S. The molecule has 0 aliphatic rings. The fraction of sp³-hybridized carbons (Fsp3) is 0.308. The highest BCUT2D eigenvalue weighted by Gasteiger charge is 2.09. The molecular weight excluding hydrogens is 264 g/mol. The van der Waals surface area contributed by atoms with Crippen molar-refractivity contribution in [1.82, 2.24) is 5.16 Å². The Balaban J connectivity index is 1.96. The predicted molar refractivity (Wildman–Crippen MR) is 74.1 cm³/mol. The van der Waals surface area contributed by atoms with Gasteiger partial charge in [0.25, 0.3) is 5.69 Å². The number of non-ortho nitro benzene ring substituents is 1. The summed E-state index contributed by atoms with van der Waals surface area (Å²) in [6, 6.07) is 6.72. The van der Waals surface area contributed by atoms with E-state index in [4.69, 9.17) is 4.52 Å². The van der Waals surface area contributed by atoms with Crippen molar-refractivity contribution in [2.45, 2.75) is 25.4 Å². The molecule has 1 aromatic carbocycles. The van der Waals surface area contributed by atoms with Gasteiger partial charge in [-0.2, -0.15) is 11.8 Å². The van der Waals surface area contributed by atoms with Gasteiger partial charge in [0.05, 0.1) is 10.6 Å². The summed E-state index contributed by atoms with van der Waals surface area (Å²) < 4.78 is 5.10. The van der Waals surface area contributed by atoms with Crippen LogP contribution in [0.1, 0.15) is 22.6 Å². The van der Waals surface area contributed by atoms with Crippen LogP contribution in [-0.2, 0) is 11.5 Å². The summed E-state index contributed by atoms with van der Waals surface area (Å²) in [5, 5.41) is 14.6. The number of aromatic nitrogens is 1. The van der Waals surface area contributed by atoms with Crippen LogP contribution >= 0.6 is 11.8 Å². The Morgan fingerprint density at radius 2 is 2.16 bits per heavy atom. The first kappa shape index (κ1) is 13.6. The second-order valence-electron chi connectivity index (χ2n) is 4.22. The Bertz CT molecular complexity index is 576. The van der Waals surface area contributed by atoms with Crippen LogP contribution in [0.25, 0.3) is 0 Å². The van der Waals surface area contributed by atoms with Crippen LogP contribution in [0.3, 0.4) is 0 Å². The van der Waals surface area contributed by atoms with Crippen LogP contribution in [0.4, 0.5) is 5.69 Å². The second kappa shape index (κ2) is 5.88. The van der Waals surface area contributed by atoms with Crippen LogP contribution in [0, 0.1) is 24.0 Å². The van der Waals surface area contributed by atoms with Crippen molar-refractivity contribution < 1.29 is 9.45 Å². The Hall–Kier alpha value is -1.82. The number of nitro benzene ring substituents is 1. The zero-order chi connectivity index (χ0) is 13.8. The molecule has 6 heteroatoms. The third kappa shape index (κ3) is 3.35. The van der Waals surface area contributed by atoms with E-state index in [1.54, 1.807) is 23.9 Å². The van der Waals surface area contributed by atoms with Crippen molar-refractivity contribution in [3.05, 3.63) is 57.0 Å². The Morgan fingerprint density at radius 1 is 1.37 bits per heavy atom. The number of benzene rings is 1. The molecule has 100 valence electrons. The van der Waals surface area contributed by atoms with Crippen molar-refractivity contribution >= 4 is 17.4 Å². The molecule has 0 atom stereocenters. The van der Waals surface area contributed by atoms with Crippen molar-refractivity contribution in [1.29, 1.82) is 0 Å². The summed E-state index contributed by atoms with van der Waals surface area (Å²) in [6.07, 6.45) is 0. The zero-order valence-corrected chi connectivity index (χ0v) is 11.6. The van der Waals surface area contributed by atoms with E-state index >= 15 is 0 Å². The van der Waals surface area contributed by atoms with Gasteiger partial charge in [-0.15, -0.1) is 0 Å². The van der Waals surface area contributed by atoms with Gasteiger partial charge in [-0.05, 0) is 19.4 Å². The molecule has 0 bridgehead atoms. The van der Waals surface area contributed by atoms with Crippen molar-refractivity contribution in [3.63, 3.8) is 0 Å². The molecule has 1 aromatic heterocycles. The molecule has 0 saturated carbocycles. The van der Waals surface area contributed by atoms with Gasteiger partial charge >= 0.3 is 0 Å². The van der Waals surface area contributed by atoms with Gasteiger partial charge in [-0.3, -0.25) is 10.1 Å². The lowest BCUT2D eigenvalue weighted by molar-refractivity contribution is -0.384. The fourth-order valence-corrected chi connectivity index (χ4v) is 2.87. The summed E-state index contributed by atoms with van der Waals surface area (Å²) in [5.41, 5.74) is 3.10. The summed E-state index contributed by atoms with van der Waals surface area (Å²) >= 11 is 1.69. The molecule has 0 unspecified atom stereocenters. The summed E-state index contributed by atoms with van der Waals surface area (Å²) in [4.78, 5) is 10.3. The lowest BCUT2D eigenvalue weighted by atomic mass is 10.2. The first-order chi connectivity index (χ1) is 9.08. The summed E-state index contributed by atoms with van der Waals surface area (Å²) in [5.74, 6) is 2.36. The average Bonchev–Trinajstić information content (AvgIpc) is 2.71. The molecule has 0 aliphatic carbocycles. The van der Waals surface area contributed by atoms with E-state index in [9.17, 15) is 10.1 Å². The maximum atomic E-state index is 10.7. The number of nitrogens with zero attached hydrogens (tertiary/aromatic N) is 2. The van der Waals surface area contributed by atoms with E-state index in [0.29, 0.717) is 0 Å². The smallest absolute Gasteiger partial charge is 0.269 e. The van der Waals surface area contributed by atoms with Gasteiger partial charge in [0.15, 0.2) is 0 Å². The largest absolute Gasteiger partial charge is 0.361 e. The van der Waals surface area contributed by atoms with Crippen LogP contribution < -0.4 is 0 Å². The molecule has 5 nitrogen and oxygen atoms in total. The molecule has 2 aromatic rings. The molecule has 2 rings (SSSR count). The van der Waals surface area contributed by atoms with E-state index in [0.717, 1.165) is 34.1 Å². The summed E-state index contributed by atoms with van der Waals surface area (Å²) in [7, 11) is 0. The third-order valence-corrected chi connectivity index (χ3v) is 3.85. The Morgan fingerprint density at radius 3 is 2.79 bits per heavy atom. The SMILES string of the molecule is Cc1noc(C)c1CSCc1cccc([N+](=O)[O-])c1. The number of rotatable bonds is 5. The number of hydrogen-bond acceptors (Lipinski definition) is 5. The van der Waals surface area contributed by atoms with Gasteiger partial charge in [0.1, 0.15) is 5.76 Å². The maximum absolute atomic E-state index is 10.7. The topological polar surface area (TPSA) is 69.2 Å². The molecule has 0 fully saturated rings. The summed E-state index contributed by atoms with van der Waals surface area (Å²) in [6.45, 7) is 3.81. The van der Waals surface area contributed by atoms with Crippen molar-refractivity contribution in [2.24, 2.45) is 0 Å². The van der Waals surface area contributed by atoms with Gasteiger partial charge < -0.3 is 4.52 Å². The zero-order valence-electron chi connectivity index (χ0n) is 10.8. The molecule has 0 amide bonds. The molecule has 1 heterocycles. The van der Waals surface area contributed by atoms with Crippen LogP contribution in [0.5, 0.6) is 0 Å². The Labute approximate surface area is 115 Å².